The first kappa shape index (κ1) is 19.2. The standard InChI is InChI=1S/C23H21N3O2S/c1-2-26-22(28)18-11-5-6-12-20(18)25-23(26)29-15-14-21(27)24-19-13-7-9-16-8-3-4-10-17(16)19/h3-13H,2,14-15H2,1H3,(H,24,27). The fourth-order valence-corrected chi connectivity index (χ4v) is 4.32. The maximum Gasteiger partial charge on any atom is 0.262 e. The minimum Gasteiger partial charge on any atom is -0.325 e. The Balaban J connectivity index is 1.46. The smallest absolute Gasteiger partial charge is 0.262 e. The first-order valence-corrected chi connectivity index (χ1v) is 10.6. The van der Waals surface area contributed by atoms with E-state index in [9.17, 15) is 9.59 Å². The molecule has 0 aliphatic rings. The van der Waals surface area contributed by atoms with Gasteiger partial charge in [0.05, 0.1) is 10.9 Å². The molecule has 29 heavy (non-hydrogen) atoms. The van der Waals surface area contributed by atoms with Crippen molar-refractivity contribution in [3.05, 3.63) is 77.1 Å². The average molecular weight is 404 g/mol. The molecule has 0 radical (unpaired) electrons. The zero-order valence-electron chi connectivity index (χ0n) is 16.1. The van der Waals surface area contributed by atoms with Gasteiger partial charge in [-0.25, -0.2) is 4.98 Å². The largest absolute Gasteiger partial charge is 0.325 e. The van der Waals surface area contributed by atoms with Crippen LogP contribution in [0, 0.1) is 0 Å². The van der Waals surface area contributed by atoms with E-state index >= 15 is 0 Å². The van der Waals surface area contributed by atoms with E-state index in [4.69, 9.17) is 0 Å². The van der Waals surface area contributed by atoms with Crippen LogP contribution >= 0.6 is 11.8 Å². The van der Waals surface area contributed by atoms with Crippen LogP contribution in [0.4, 0.5) is 5.69 Å². The summed E-state index contributed by atoms with van der Waals surface area (Å²) in [6.45, 7) is 2.47. The minimum absolute atomic E-state index is 0.0409. The Kier molecular flexibility index (Phi) is 5.62. The normalized spacial score (nSPS) is 11.1. The third-order valence-corrected chi connectivity index (χ3v) is 5.74. The van der Waals surface area contributed by atoms with Crippen LogP contribution < -0.4 is 10.9 Å². The van der Waals surface area contributed by atoms with Crippen molar-refractivity contribution < 1.29 is 4.79 Å². The van der Waals surface area contributed by atoms with Gasteiger partial charge in [0.15, 0.2) is 5.16 Å². The summed E-state index contributed by atoms with van der Waals surface area (Å²) in [5.41, 5.74) is 1.46. The molecule has 4 rings (SSSR count). The van der Waals surface area contributed by atoms with E-state index in [0.29, 0.717) is 34.8 Å². The van der Waals surface area contributed by atoms with Crippen molar-refractivity contribution in [1.82, 2.24) is 9.55 Å². The second kappa shape index (κ2) is 8.49. The van der Waals surface area contributed by atoms with Crippen molar-refractivity contribution in [2.75, 3.05) is 11.1 Å². The topological polar surface area (TPSA) is 64.0 Å². The molecular weight excluding hydrogens is 382 g/mol. The summed E-state index contributed by atoms with van der Waals surface area (Å²) in [6.07, 6.45) is 0.334. The lowest BCUT2D eigenvalue weighted by Crippen LogP contribution is -2.22. The van der Waals surface area contributed by atoms with Gasteiger partial charge >= 0.3 is 0 Å². The quantitative estimate of drug-likeness (QED) is 0.375. The number of rotatable bonds is 6. The number of fused-ring (bicyclic) bond motifs is 2. The first-order valence-electron chi connectivity index (χ1n) is 9.57. The lowest BCUT2D eigenvalue weighted by Gasteiger charge is -2.11. The molecule has 0 bridgehead atoms. The molecular formula is C23H21N3O2S. The van der Waals surface area contributed by atoms with Crippen molar-refractivity contribution in [1.29, 1.82) is 0 Å². The SMILES string of the molecule is CCn1c(SCCC(=O)Nc2cccc3ccccc23)nc2ccccc2c1=O. The molecule has 146 valence electrons. The number of amides is 1. The fraction of sp³-hybridized carbons (Fsp3) is 0.174. The number of thioether (sulfide) groups is 1. The van der Waals surface area contributed by atoms with Crippen LogP contribution in [-0.2, 0) is 11.3 Å². The summed E-state index contributed by atoms with van der Waals surface area (Å²) in [5.74, 6) is 0.488. The average Bonchev–Trinajstić information content (AvgIpc) is 2.74. The van der Waals surface area contributed by atoms with Crippen molar-refractivity contribution in [2.24, 2.45) is 0 Å². The highest BCUT2D eigenvalue weighted by atomic mass is 32.2. The predicted molar refractivity (Wildman–Crippen MR) is 120 cm³/mol. The summed E-state index contributed by atoms with van der Waals surface area (Å²) in [7, 11) is 0. The van der Waals surface area contributed by atoms with Crippen molar-refractivity contribution in [3.63, 3.8) is 0 Å². The third-order valence-electron chi connectivity index (χ3n) is 4.77. The number of nitrogens with zero attached hydrogens (tertiary/aromatic N) is 2. The Morgan fingerprint density at radius 2 is 1.72 bits per heavy atom. The Labute approximate surface area is 172 Å². The maximum absolute atomic E-state index is 12.7. The zero-order chi connectivity index (χ0) is 20.2. The van der Waals surface area contributed by atoms with Crippen LogP contribution in [0.2, 0.25) is 0 Å². The van der Waals surface area contributed by atoms with Gasteiger partial charge in [0.25, 0.3) is 5.56 Å². The molecule has 0 aliphatic heterocycles. The fourth-order valence-electron chi connectivity index (χ4n) is 3.32. The highest BCUT2D eigenvalue weighted by Crippen LogP contribution is 2.24. The maximum atomic E-state index is 12.7. The molecule has 1 aromatic heterocycles. The van der Waals surface area contributed by atoms with E-state index in [1.54, 1.807) is 10.6 Å². The molecule has 0 unspecified atom stereocenters. The van der Waals surface area contributed by atoms with Gasteiger partial charge in [0.1, 0.15) is 0 Å². The van der Waals surface area contributed by atoms with Gasteiger partial charge in [-0.15, -0.1) is 0 Å². The summed E-state index contributed by atoms with van der Waals surface area (Å²) < 4.78 is 1.66. The number of para-hydroxylation sites is 1. The predicted octanol–water partition coefficient (Wildman–Crippen LogP) is 4.69. The van der Waals surface area contributed by atoms with Gasteiger partial charge in [-0.05, 0) is 30.5 Å². The van der Waals surface area contributed by atoms with E-state index in [-0.39, 0.29) is 11.5 Å². The van der Waals surface area contributed by atoms with Crippen LogP contribution in [0.25, 0.3) is 21.7 Å². The van der Waals surface area contributed by atoms with Gasteiger partial charge in [0.2, 0.25) is 5.91 Å². The number of hydrogen-bond donors (Lipinski definition) is 1. The Hall–Kier alpha value is -3.12. The van der Waals surface area contributed by atoms with Crippen LogP contribution in [-0.4, -0.2) is 21.2 Å². The van der Waals surface area contributed by atoms with E-state index in [1.165, 1.54) is 11.8 Å². The lowest BCUT2D eigenvalue weighted by molar-refractivity contribution is -0.115. The molecule has 5 nitrogen and oxygen atoms in total. The molecule has 0 fully saturated rings. The zero-order valence-corrected chi connectivity index (χ0v) is 16.9. The van der Waals surface area contributed by atoms with Crippen LogP contribution in [0.5, 0.6) is 0 Å². The number of carbonyl (C=O) groups excluding carboxylic acids is 1. The summed E-state index contributed by atoms with van der Waals surface area (Å²) >= 11 is 1.43. The molecule has 0 atom stereocenters. The summed E-state index contributed by atoms with van der Waals surface area (Å²) in [5, 5.41) is 6.38. The van der Waals surface area contributed by atoms with Crippen LogP contribution in [0.3, 0.4) is 0 Å². The lowest BCUT2D eigenvalue weighted by atomic mass is 10.1. The Bertz CT molecular complexity index is 1240. The number of carbonyl (C=O) groups is 1. The molecule has 0 aliphatic carbocycles. The highest BCUT2D eigenvalue weighted by molar-refractivity contribution is 7.99. The molecule has 4 aromatic rings. The van der Waals surface area contributed by atoms with Gasteiger partial charge in [-0.1, -0.05) is 60.3 Å². The van der Waals surface area contributed by atoms with E-state index in [0.717, 1.165) is 16.5 Å². The molecule has 6 heteroatoms. The summed E-state index contributed by atoms with van der Waals surface area (Å²) in [4.78, 5) is 29.8. The highest BCUT2D eigenvalue weighted by Gasteiger charge is 2.11. The third kappa shape index (κ3) is 4.03. The minimum atomic E-state index is -0.0555. The monoisotopic (exact) mass is 403 g/mol. The van der Waals surface area contributed by atoms with Crippen molar-refractivity contribution >= 4 is 45.0 Å². The van der Waals surface area contributed by atoms with Gasteiger partial charge < -0.3 is 5.32 Å². The summed E-state index contributed by atoms with van der Waals surface area (Å²) in [6, 6.07) is 21.2. The van der Waals surface area contributed by atoms with Gasteiger partial charge in [-0.3, -0.25) is 14.2 Å². The molecule has 0 saturated heterocycles. The molecule has 1 heterocycles. The van der Waals surface area contributed by atoms with E-state index in [2.05, 4.69) is 10.3 Å². The van der Waals surface area contributed by atoms with E-state index in [1.807, 2.05) is 67.6 Å². The second-order valence-electron chi connectivity index (χ2n) is 6.63. The van der Waals surface area contributed by atoms with Gasteiger partial charge in [0, 0.05) is 29.8 Å². The number of anilines is 1. The molecule has 0 saturated carbocycles. The van der Waals surface area contributed by atoms with Crippen molar-refractivity contribution in [2.45, 2.75) is 25.0 Å². The van der Waals surface area contributed by atoms with Crippen LogP contribution in [0.1, 0.15) is 13.3 Å². The molecule has 3 aromatic carbocycles. The number of nitrogens with one attached hydrogen (secondary N) is 1. The van der Waals surface area contributed by atoms with Gasteiger partial charge in [-0.2, -0.15) is 0 Å². The number of aromatic nitrogens is 2. The molecule has 1 amide bonds. The molecule has 0 spiro atoms. The van der Waals surface area contributed by atoms with E-state index < -0.39 is 0 Å². The Morgan fingerprint density at radius 1 is 1.00 bits per heavy atom. The second-order valence-corrected chi connectivity index (χ2v) is 7.70. The molecule has 1 N–H and O–H groups in total. The first-order chi connectivity index (χ1) is 14.2. The van der Waals surface area contributed by atoms with Crippen molar-refractivity contribution in [3.8, 4) is 0 Å². The Morgan fingerprint density at radius 3 is 2.55 bits per heavy atom. The number of benzene rings is 3. The number of hydrogen-bond acceptors (Lipinski definition) is 4. The van der Waals surface area contributed by atoms with Crippen LogP contribution in [0.15, 0.2) is 76.7 Å².